The minimum Gasteiger partial charge on any atom is -0.490 e. The van der Waals surface area contributed by atoms with Gasteiger partial charge in [0.25, 0.3) is 0 Å². The maximum atomic E-state index is 13.4. The molecule has 0 aliphatic rings. The average Bonchev–Trinajstić information content (AvgIpc) is 3.21. The smallest absolute Gasteiger partial charge is 0.161 e. The third-order valence-corrected chi connectivity index (χ3v) is 4.06. The summed E-state index contributed by atoms with van der Waals surface area (Å²) in [5, 5.41) is 11.2. The van der Waals surface area contributed by atoms with Crippen LogP contribution in [0.5, 0.6) is 5.75 Å². The first-order chi connectivity index (χ1) is 12.1. The van der Waals surface area contributed by atoms with Crippen LogP contribution in [0.1, 0.15) is 0 Å². The number of nitrogens with one attached hydrogen (secondary N) is 1. The molecule has 0 spiro atoms. The van der Waals surface area contributed by atoms with Crippen molar-refractivity contribution in [2.45, 2.75) is 12.6 Å². The van der Waals surface area contributed by atoms with E-state index in [0.29, 0.717) is 16.8 Å². The van der Waals surface area contributed by atoms with Gasteiger partial charge in [0.15, 0.2) is 11.6 Å². The largest absolute Gasteiger partial charge is 0.490 e. The van der Waals surface area contributed by atoms with Crippen LogP contribution < -0.4 is 4.74 Å². The van der Waals surface area contributed by atoms with Gasteiger partial charge in [-0.25, -0.2) is 13.8 Å². The van der Waals surface area contributed by atoms with Gasteiger partial charge in [-0.2, -0.15) is 0 Å². The predicted molar refractivity (Wildman–Crippen MR) is 89.4 cm³/mol. The summed E-state index contributed by atoms with van der Waals surface area (Å²) in [4.78, 5) is 7.12. The lowest BCUT2D eigenvalue weighted by molar-refractivity contribution is 0.0941. The number of hydrogen-bond donors (Lipinski definition) is 2. The van der Waals surface area contributed by atoms with E-state index < -0.39 is 17.7 Å². The van der Waals surface area contributed by atoms with E-state index in [2.05, 4.69) is 9.97 Å². The lowest BCUT2D eigenvalue weighted by Crippen LogP contribution is -2.23. The second kappa shape index (κ2) is 6.18. The summed E-state index contributed by atoms with van der Waals surface area (Å²) >= 11 is 0. The number of fused-ring (bicyclic) bond motifs is 2. The monoisotopic (exact) mass is 343 g/mol. The molecule has 0 radical (unpaired) electrons. The van der Waals surface area contributed by atoms with Crippen LogP contribution in [0, 0.1) is 11.6 Å². The van der Waals surface area contributed by atoms with Gasteiger partial charge in [0.2, 0.25) is 0 Å². The fraction of sp³-hybridized carbons (Fsp3) is 0.167. The van der Waals surface area contributed by atoms with Crippen LogP contribution in [0.2, 0.25) is 0 Å². The van der Waals surface area contributed by atoms with Crippen LogP contribution in [0.25, 0.3) is 21.9 Å². The Balaban J connectivity index is 1.48. The van der Waals surface area contributed by atoms with Crippen LogP contribution in [-0.4, -0.2) is 32.4 Å². The Morgan fingerprint density at radius 3 is 2.92 bits per heavy atom. The highest BCUT2D eigenvalue weighted by molar-refractivity contribution is 5.85. The molecule has 1 atom stereocenters. The summed E-state index contributed by atoms with van der Waals surface area (Å²) in [5.74, 6) is -1.22. The average molecular weight is 343 g/mol. The minimum atomic E-state index is -0.945. The molecular formula is C18H15F2N3O2. The molecule has 4 aromatic rings. The molecule has 2 aromatic carbocycles. The summed E-state index contributed by atoms with van der Waals surface area (Å²) < 4.78 is 33.9. The second-order valence-electron chi connectivity index (χ2n) is 5.81. The molecule has 0 saturated heterocycles. The van der Waals surface area contributed by atoms with Crippen LogP contribution in [0.3, 0.4) is 0 Å². The summed E-state index contributed by atoms with van der Waals surface area (Å²) in [6, 6.07) is 9.64. The lowest BCUT2D eigenvalue weighted by atomic mass is 10.2. The standard InChI is InChI=1S/C18H15F2N3O2/c19-13-6-16-17(7-14(13)20)23(10-22-16)8-11(24)9-25-18-3-1-2-15-12(18)4-5-21-15/h1-7,10-11,21,24H,8-9H2. The van der Waals surface area contributed by atoms with Gasteiger partial charge in [0.1, 0.15) is 18.5 Å². The van der Waals surface area contributed by atoms with Crippen molar-refractivity contribution in [1.29, 1.82) is 0 Å². The summed E-state index contributed by atoms with van der Waals surface area (Å²) in [7, 11) is 0. The molecule has 128 valence electrons. The van der Waals surface area contributed by atoms with Crippen molar-refractivity contribution in [2.75, 3.05) is 6.61 Å². The Bertz CT molecular complexity index is 1040. The highest BCUT2D eigenvalue weighted by Gasteiger charge is 2.13. The molecule has 0 fully saturated rings. The lowest BCUT2D eigenvalue weighted by Gasteiger charge is -2.14. The molecule has 2 N–H and O–H groups in total. The number of aromatic nitrogens is 3. The van der Waals surface area contributed by atoms with Crippen LogP contribution in [-0.2, 0) is 6.54 Å². The van der Waals surface area contributed by atoms with E-state index in [4.69, 9.17) is 4.74 Å². The fourth-order valence-corrected chi connectivity index (χ4v) is 2.85. The van der Waals surface area contributed by atoms with Crippen molar-refractivity contribution in [1.82, 2.24) is 14.5 Å². The quantitative estimate of drug-likeness (QED) is 0.585. The Morgan fingerprint density at radius 1 is 1.20 bits per heavy atom. The van der Waals surface area contributed by atoms with Gasteiger partial charge in [-0.1, -0.05) is 6.07 Å². The van der Waals surface area contributed by atoms with Gasteiger partial charge >= 0.3 is 0 Å². The van der Waals surface area contributed by atoms with Gasteiger partial charge in [0.05, 0.1) is 23.9 Å². The van der Waals surface area contributed by atoms with Crippen molar-refractivity contribution in [3.05, 3.63) is 60.6 Å². The second-order valence-corrected chi connectivity index (χ2v) is 5.81. The number of rotatable bonds is 5. The molecule has 0 amide bonds. The maximum absolute atomic E-state index is 13.4. The molecule has 0 aliphatic carbocycles. The van der Waals surface area contributed by atoms with E-state index in [1.807, 2.05) is 30.5 Å². The van der Waals surface area contributed by atoms with Crippen molar-refractivity contribution >= 4 is 21.9 Å². The number of imidazole rings is 1. The molecule has 0 saturated carbocycles. The molecule has 25 heavy (non-hydrogen) atoms. The zero-order chi connectivity index (χ0) is 17.4. The van der Waals surface area contributed by atoms with Crippen molar-refractivity contribution < 1.29 is 18.6 Å². The van der Waals surface area contributed by atoms with Crippen LogP contribution in [0.4, 0.5) is 8.78 Å². The summed E-state index contributed by atoms with van der Waals surface area (Å²) in [6.45, 7) is 0.221. The van der Waals surface area contributed by atoms with E-state index in [1.165, 1.54) is 6.33 Å². The third kappa shape index (κ3) is 2.94. The SMILES string of the molecule is OC(COc1cccc2[nH]ccc12)Cn1cnc2cc(F)c(F)cc21. The van der Waals surface area contributed by atoms with E-state index in [0.717, 1.165) is 23.0 Å². The predicted octanol–water partition coefficient (Wildman–Crippen LogP) is 3.24. The molecule has 7 heteroatoms. The molecule has 5 nitrogen and oxygen atoms in total. The topological polar surface area (TPSA) is 63.1 Å². The number of halogens is 2. The first kappa shape index (κ1) is 15.6. The van der Waals surface area contributed by atoms with E-state index in [1.54, 1.807) is 4.57 Å². The summed E-state index contributed by atoms with van der Waals surface area (Å²) in [5.41, 5.74) is 1.71. The van der Waals surface area contributed by atoms with Crippen molar-refractivity contribution in [2.24, 2.45) is 0 Å². The number of hydrogen-bond acceptors (Lipinski definition) is 3. The minimum absolute atomic E-state index is 0.0631. The Hall–Kier alpha value is -2.93. The van der Waals surface area contributed by atoms with Gasteiger partial charge in [-0.05, 0) is 18.2 Å². The molecule has 0 aliphatic heterocycles. The van der Waals surface area contributed by atoms with E-state index >= 15 is 0 Å². The Kier molecular flexibility index (Phi) is 3.85. The fourth-order valence-electron chi connectivity index (χ4n) is 2.85. The van der Waals surface area contributed by atoms with Gasteiger partial charge < -0.3 is 19.4 Å². The highest BCUT2D eigenvalue weighted by Crippen LogP contribution is 2.24. The molecule has 0 bridgehead atoms. The van der Waals surface area contributed by atoms with Gasteiger partial charge in [-0.3, -0.25) is 0 Å². The van der Waals surface area contributed by atoms with E-state index in [-0.39, 0.29) is 13.2 Å². The number of aliphatic hydroxyl groups excluding tert-OH is 1. The zero-order valence-electron chi connectivity index (χ0n) is 13.1. The zero-order valence-corrected chi connectivity index (χ0v) is 13.1. The maximum Gasteiger partial charge on any atom is 0.161 e. The number of aromatic amines is 1. The molecule has 4 rings (SSSR count). The van der Waals surface area contributed by atoms with Crippen molar-refractivity contribution in [3.63, 3.8) is 0 Å². The van der Waals surface area contributed by atoms with E-state index in [9.17, 15) is 13.9 Å². The van der Waals surface area contributed by atoms with Gasteiger partial charge in [-0.15, -0.1) is 0 Å². The highest BCUT2D eigenvalue weighted by atomic mass is 19.2. The first-order valence-corrected chi connectivity index (χ1v) is 7.78. The van der Waals surface area contributed by atoms with Crippen LogP contribution >= 0.6 is 0 Å². The molecular weight excluding hydrogens is 328 g/mol. The molecule has 1 unspecified atom stereocenters. The molecule has 2 heterocycles. The number of H-pyrrole nitrogens is 1. The molecule has 2 aromatic heterocycles. The van der Waals surface area contributed by atoms with Crippen molar-refractivity contribution in [3.8, 4) is 5.75 Å². The summed E-state index contributed by atoms with van der Waals surface area (Å²) in [6.07, 6.45) is 2.43. The normalized spacial score (nSPS) is 12.8. The first-order valence-electron chi connectivity index (χ1n) is 7.78. The van der Waals surface area contributed by atoms with Gasteiger partial charge in [0, 0.05) is 29.2 Å². The Morgan fingerprint density at radius 2 is 2.04 bits per heavy atom. The Labute approximate surface area is 141 Å². The third-order valence-electron chi connectivity index (χ3n) is 4.06. The number of nitrogens with zero attached hydrogens (tertiary/aromatic N) is 2. The number of benzene rings is 2. The number of aliphatic hydroxyl groups is 1. The number of ether oxygens (including phenoxy) is 1. The van der Waals surface area contributed by atoms with Crippen LogP contribution in [0.15, 0.2) is 48.9 Å².